The average molecular weight is 433 g/mol. The summed E-state index contributed by atoms with van der Waals surface area (Å²) < 4.78 is 0. The molecule has 0 spiro atoms. The molecule has 4 aromatic carbocycles. The molecule has 2 saturated carbocycles. The Kier molecular flexibility index (Phi) is 2.75. The Balaban J connectivity index is 1.19. The molecular weight excluding hydrogens is 408 g/mol. The highest BCUT2D eigenvalue weighted by molar-refractivity contribution is 5.71. The molecule has 0 aliphatic heterocycles. The molecule has 4 bridgehead atoms. The van der Waals surface area contributed by atoms with Crippen LogP contribution >= 0.6 is 0 Å². The zero-order valence-corrected chi connectivity index (χ0v) is 18.9. The Labute approximate surface area is 200 Å². The van der Waals surface area contributed by atoms with Gasteiger partial charge in [0.15, 0.2) is 0 Å². The van der Waals surface area contributed by atoms with Crippen LogP contribution < -0.4 is 0 Å². The maximum Gasteiger partial charge on any atom is 0.0167 e. The first-order valence-electron chi connectivity index (χ1n) is 13.0. The zero-order chi connectivity index (χ0) is 21.7. The van der Waals surface area contributed by atoms with Gasteiger partial charge in [0, 0.05) is 23.7 Å². The van der Waals surface area contributed by atoms with Gasteiger partial charge in [0.2, 0.25) is 0 Å². The molecule has 0 nitrogen and oxygen atoms in total. The van der Waals surface area contributed by atoms with E-state index in [1.807, 2.05) is 11.1 Å². The van der Waals surface area contributed by atoms with E-state index in [4.69, 9.17) is 0 Å². The van der Waals surface area contributed by atoms with Crippen LogP contribution in [0.15, 0.2) is 108 Å². The molecule has 34 heavy (non-hydrogen) atoms. The minimum absolute atomic E-state index is 0.565. The van der Waals surface area contributed by atoms with Crippen molar-refractivity contribution in [3.8, 4) is 0 Å². The number of allylic oxidation sites excluding steroid dienone is 2. The smallest absolute Gasteiger partial charge is 0.0167 e. The van der Waals surface area contributed by atoms with Crippen LogP contribution in [0.5, 0.6) is 0 Å². The predicted octanol–water partition coefficient (Wildman–Crippen LogP) is 7.36. The summed E-state index contributed by atoms with van der Waals surface area (Å²) in [5, 5.41) is 0. The molecule has 0 heterocycles. The number of benzene rings is 4. The van der Waals surface area contributed by atoms with Gasteiger partial charge in [-0.15, -0.1) is 0 Å². The van der Waals surface area contributed by atoms with Gasteiger partial charge in [-0.2, -0.15) is 0 Å². The lowest BCUT2D eigenvalue weighted by Crippen LogP contribution is -2.26. The Morgan fingerprint density at radius 2 is 0.441 bits per heavy atom. The Morgan fingerprint density at radius 1 is 0.265 bits per heavy atom. The Morgan fingerprint density at radius 3 is 0.618 bits per heavy atom. The van der Waals surface area contributed by atoms with Gasteiger partial charge in [-0.1, -0.05) is 108 Å². The first-order valence-corrected chi connectivity index (χ1v) is 13.0. The fraction of sp³-hybridized carbons (Fsp3) is 0.235. The highest BCUT2D eigenvalue weighted by atomic mass is 14.7. The van der Waals surface area contributed by atoms with Crippen molar-refractivity contribution in [2.75, 3.05) is 0 Å². The second-order valence-corrected chi connectivity index (χ2v) is 11.4. The molecule has 0 N–H and O–H groups in total. The zero-order valence-electron chi connectivity index (χ0n) is 18.9. The first kappa shape index (κ1) is 17.1. The monoisotopic (exact) mass is 432 g/mol. The fourth-order valence-electron chi connectivity index (χ4n) is 9.45. The van der Waals surface area contributed by atoms with Gasteiger partial charge in [0.25, 0.3) is 0 Å². The van der Waals surface area contributed by atoms with E-state index in [1.165, 1.54) is 0 Å². The molecule has 0 radical (unpaired) electrons. The van der Waals surface area contributed by atoms with Crippen LogP contribution in [0.25, 0.3) is 0 Å². The minimum atomic E-state index is 0.565. The molecule has 160 valence electrons. The van der Waals surface area contributed by atoms with Crippen molar-refractivity contribution in [3.05, 3.63) is 153 Å². The maximum absolute atomic E-state index is 2.43. The van der Waals surface area contributed by atoms with Crippen LogP contribution in [0.3, 0.4) is 0 Å². The summed E-state index contributed by atoms with van der Waals surface area (Å²) in [4.78, 5) is 0. The third-order valence-electron chi connectivity index (χ3n) is 10.4. The van der Waals surface area contributed by atoms with Gasteiger partial charge in [0.05, 0.1) is 0 Å². The standard InChI is InChI=1S/C34H24/c1-2-10-18-17(9-1)25-19-11-3-4-12-20(19)26(18)30-29(25)33(30)34-31-27-21-13-5-6-14-22(21)28(32(31)34)24-16-8-7-15-23(24)27/h1-16,25-32H. The third kappa shape index (κ3) is 1.72. The van der Waals surface area contributed by atoms with Crippen LogP contribution in [-0.2, 0) is 0 Å². The lowest BCUT2D eigenvalue weighted by atomic mass is 9.64. The van der Waals surface area contributed by atoms with Crippen LogP contribution in [0.2, 0.25) is 0 Å². The van der Waals surface area contributed by atoms with Crippen LogP contribution in [0.1, 0.15) is 68.2 Å². The van der Waals surface area contributed by atoms with E-state index in [1.54, 1.807) is 44.5 Å². The van der Waals surface area contributed by atoms with Crippen LogP contribution in [-0.4, -0.2) is 0 Å². The Bertz CT molecular complexity index is 1290. The summed E-state index contributed by atoms with van der Waals surface area (Å²) in [6.45, 7) is 0. The fourth-order valence-corrected chi connectivity index (χ4v) is 9.45. The summed E-state index contributed by atoms with van der Waals surface area (Å²) in [5.41, 5.74) is 16.6. The molecule has 4 aromatic rings. The molecule has 0 saturated heterocycles. The van der Waals surface area contributed by atoms with Crippen molar-refractivity contribution < 1.29 is 0 Å². The van der Waals surface area contributed by atoms with E-state index < -0.39 is 0 Å². The van der Waals surface area contributed by atoms with Crippen molar-refractivity contribution in [1.82, 2.24) is 0 Å². The summed E-state index contributed by atoms with van der Waals surface area (Å²) in [7, 11) is 0. The third-order valence-corrected chi connectivity index (χ3v) is 10.4. The molecule has 2 fully saturated rings. The van der Waals surface area contributed by atoms with Crippen molar-refractivity contribution in [3.63, 3.8) is 0 Å². The van der Waals surface area contributed by atoms with E-state index in [0.717, 1.165) is 23.7 Å². The van der Waals surface area contributed by atoms with E-state index >= 15 is 0 Å². The lowest BCUT2D eigenvalue weighted by Gasteiger charge is -2.39. The van der Waals surface area contributed by atoms with E-state index in [0.29, 0.717) is 23.7 Å². The summed E-state index contributed by atoms with van der Waals surface area (Å²) >= 11 is 0. The quantitative estimate of drug-likeness (QED) is 0.255. The summed E-state index contributed by atoms with van der Waals surface area (Å²) in [5.74, 6) is 5.21. The average Bonchev–Trinajstić information content (AvgIpc) is 3.81. The molecule has 4 atom stereocenters. The first-order chi connectivity index (χ1) is 16.9. The van der Waals surface area contributed by atoms with Crippen molar-refractivity contribution in [2.24, 2.45) is 23.7 Å². The molecule has 0 amide bonds. The maximum atomic E-state index is 2.43. The van der Waals surface area contributed by atoms with Gasteiger partial charge < -0.3 is 0 Å². The number of rotatable bonds is 0. The van der Waals surface area contributed by atoms with E-state index in [9.17, 15) is 0 Å². The molecule has 0 aromatic heterocycles. The van der Waals surface area contributed by atoms with Gasteiger partial charge in [-0.3, -0.25) is 0 Å². The van der Waals surface area contributed by atoms with Crippen molar-refractivity contribution in [2.45, 2.75) is 23.7 Å². The lowest BCUT2D eigenvalue weighted by molar-refractivity contribution is 0.491. The normalized spacial score (nSPS) is 35.5. The second-order valence-electron chi connectivity index (χ2n) is 11.4. The van der Waals surface area contributed by atoms with Crippen molar-refractivity contribution in [1.29, 1.82) is 0 Å². The van der Waals surface area contributed by atoms with Gasteiger partial charge in [0.1, 0.15) is 0 Å². The summed E-state index contributed by atoms with van der Waals surface area (Å²) in [6, 6.07) is 37.5. The molecular formula is C34H24. The van der Waals surface area contributed by atoms with E-state index in [-0.39, 0.29) is 0 Å². The topological polar surface area (TPSA) is 0 Å². The minimum Gasteiger partial charge on any atom is -0.0620 e. The Hall–Kier alpha value is -3.38. The largest absolute Gasteiger partial charge is 0.0620 e. The predicted molar refractivity (Wildman–Crippen MR) is 134 cm³/mol. The van der Waals surface area contributed by atoms with Crippen LogP contribution in [0, 0.1) is 23.7 Å². The highest BCUT2D eigenvalue weighted by Gasteiger charge is 2.70. The van der Waals surface area contributed by atoms with Gasteiger partial charge >= 0.3 is 0 Å². The van der Waals surface area contributed by atoms with Gasteiger partial charge in [-0.05, 0) is 68.2 Å². The SMILES string of the molecule is c1ccc2c(c1)C1c3ccccc3C2C2C(=C3C4C5c6ccccc6C(c6ccccc65)C34)C12. The van der Waals surface area contributed by atoms with E-state index in [2.05, 4.69) is 97.1 Å². The summed E-state index contributed by atoms with van der Waals surface area (Å²) in [6.07, 6.45) is 0. The molecule has 12 rings (SSSR count). The number of hydrogen-bond donors (Lipinski definition) is 0. The molecule has 4 unspecified atom stereocenters. The highest BCUT2D eigenvalue weighted by Crippen LogP contribution is 2.80. The van der Waals surface area contributed by atoms with Gasteiger partial charge in [-0.25, -0.2) is 0 Å². The number of hydrogen-bond acceptors (Lipinski definition) is 0. The van der Waals surface area contributed by atoms with Crippen molar-refractivity contribution >= 4 is 0 Å². The molecule has 8 aliphatic rings. The molecule has 0 heteroatoms. The second kappa shape index (κ2) is 5.47. The van der Waals surface area contributed by atoms with Crippen LogP contribution in [0.4, 0.5) is 0 Å². The molecule has 8 aliphatic carbocycles.